The molecule has 2 N–H and O–H groups in total. The van der Waals surface area contributed by atoms with E-state index >= 15 is 0 Å². The summed E-state index contributed by atoms with van der Waals surface area (Å²) in [5.74, 6) is -1.13. The van der Waals surface area contributed by atoms with Crippen molar-refractivity contribution in [3.8, 4) is 0 Å². The lowest BCUT2D eigenvalue weighted by atomic mass is 9.95. The molecule has 4 rings (SSSR count). The Morgan fingerprint density at radius 3 is 2.61 bits per heavy atom. The van der Waals surface area contributed by atoms with Gasteiger partial charge in [0, 0.05) is 30.7 Å². The zero-order chi connectivity index (χ0) is 21.6. The van der Waals surface area contributed by atoms with Crippen LogP contribution in [0.15, 0.2) is 35.7 Å². The van der Waals surface area contributed by atoms with Gasteiger partial charge in [-0.1, -0.05) is 24.6 Å². The highest BCUT2D eigenvalue weighted by atomic mass is 32.1. The molecular formula is C24H32N4O2S. The van der Waals surface area contributed by atoms with E-state index < -0.39 is 11.8 Å². The van der Waals surface area contributed by atoms with Gasteiger partial charge in [-0.2, -0.15) is 0 Å². The van der Waals surface area contributed by atoms with Crippen LogP contribution in [-0.4, -0.2) is 49.9 Å². The summed E-state index contributed by atoms with van der Waals surface area (Å²) in [5.41, 5.74) is 3.92. The summed E-state index contributed by atoms with van der Waals surface area (Å²) < 4.78 is 0. The highest BCUT2D eigenvalue weighted by Gasteiger charge is 2.25. The van der Waals surface area contributed by atoms with Crippen LogP contribution in [0.1, 0.15) is 47.7 Å². The molecule has 31 heavy (non-hydrogen) atoms. The smallest absolute Gasteiger partial charge is 0.309 e. The second kappa shape index (κ2) is 10.3. The predicted molar refractivity (Wildman–Crippen MR) is 125 cm³/mol. The van der Waals surface area contributed by atoms with E-state index in [2.05, 4.69) is 45.7 Å². The van der Waals surface area contributed by atoms with Crippen molar-refractivity contribution in [2.24, 2.45) is 0 Å². The first-order chi connectivity index (χ1) is 15.1. The molecule has 1 atom stereocenters. The third kappa shape index (κ3) is 5.46. The van der Waals surface area contributed by atoms with Crippen LogP contribution in [0.2, 0.25) is 0 Å². The maximum Gasteiger partial charge on any atom is 0.309 e. The van der Waals surface area contributed by atoms with Gasteiger partial charge in [0.1, 0.15) is 0 Å². The number of amides is 2. The minimum absolute atomic E-state index is 0.0897. The van der Waals surface area contributed by atoms with Crippen LogP contribution >= 0.6 is 11.3 Å². The summed E-state index contributed by atoms with van der Waals surface area (Å²) in [4.78, 5) is 30.5. The standard InChI is InChI=1S/C24H32N4O2S/c1-27-11-5-7-18-15-19(9-10-21(18)27)22(28-12-3-2-4-13-28)17-26-24(30)23(29)25-16-20-8-6-14-31-20/h6,8-10,14-15,22H,2-5,7,11-13,16-17H2,1H3,(H,25,29)(H,26,30)/t22-/m1/s1. The molecule has 0 spiro atoms. The summed E-state index contributed by atoms with van der Waals surface area (Å²) >= 11 is 1.57. The number of piperidine rings is 1. The molecule has 2 aliphatic rings. The Morgan fingerprint density at radius 1 is 1.03 bits per heavy atom. The number of anilines is 1. The molecule has 1 saturated heterocycles. The lowest BCUT2D eigenvalue weighted by Gasteiger charge is -2.36. The van der Waals surface area contributed by atoms with Gasteiger partial charge in [-0.05, 0) is 67.4 Å². The fraction of sp³-hybridized carbons (Fsp3) is 0.500. The Balaban J connectivity index is 1.43. The van der Waals surface area contributed by atoms with E-state index in [4.69, 9.17) is 0 Å². The molecule has 2 amide bonds. The second-order valence-electron chi connectivity index (χ2n) is 8.50. The topological polar surface area (TPSA) is 64.7 Å². The number of carbonyl (C=O) groups is 2. The number of benzene rings is 1. The first-order valence-electron chi connectivity index (χ1n) is 11.3. The molecule has 0 aliphatic carbocycles. The normalized spacial score (nSPS) is 17.6. The number of carbonyl (C=O) groups excluding carboxylic acids is 2. The molecule has 166 valence electrons. The molecule has 7 heteroatoms. The van der Waals surface area contributed by atoms with Gasteiger partial charge in [0.2, 0.25) is 0 Å². The van der Waals surface area contributed by atoms with Crippen LogP contribution in [-0.2, 0) is 22.6 Å². The van der Waals surface area contributed by atoms with Crippen LogP contribution in [0.5, 0.6) is 0 Å². The Morgan fingerprint density at radius 2 is 1.84 bits per heavy atom. The van der Waals surface area contributed by atoms with Gasteiger partial charge in [0.05, 0.1) is 12.6 Å². The van der Waals surface area contributed by atoms with Crippen LogP contribution in [0.3, 0.4) is 0 Å². The van der Waals surface area contributed by atoms with Gasteiger partial charge in [-0.25, -0.2) is 0 Å². The summed E-state index contributed by atoms with van der Waals surface area (Å²) in [7, 11) is 2.15. The molecule has 2 aromatic rings. The van der Waals surface area contributed by atoms with E-state index in [0.29, 0.717) is 13.1 Å². The van der Waals surface area contributed by atoms with Crippen LogP contribution in [0.25, 0.3) is 0 Å². The summed E-state index contributed by atoms with van der Waals surface area (Å²) in [5, 5.41) is 7.57. The number of likely N-dealkylation sites (tertiary alicyclic amines) is 1. The lowest BCUT2D eigenvalue weighted by molar-refractivity contribution is -0.139. The monoisotopic (exact) mass is 440 g/mol. The summed E-state index contributed by atoms with van der Waals surface area (Å²) in [6.45, 7) is 3.99. The first-order valence-corrected chi connectivity index (χ1v) is 12.2. The molecular weight excluding hydrogens is 408 g/mol. The Labute approximate surface area is 188 Å². The van der Waals surface area contributed by atoms with Crippen molar-refractivity contribution in [3.05, 3.63) is 51.7 Å². The third-order valence-corrected chi connectivity index (χ3v) is 7.21. The molecule has 0 unspecified atom stereocenters. The largest absolute Gasteiger partial charge is 0.374 e. The van der Waals surface area contributed by atoms with E-state index in [1.165, 1.54) is 42.5 Å². The fourth-order valence-corrected chi connectivity index (χ4v) is 5.28. The highest BCUT2D eigenvalue weighted by molar-refractivity contribution is 7.09. The summed E-state index contributed by atoms with van der Waals surface area (Å²) in [6, 6.07) is 10.7. The van der Waals surface area contributed by atoms with E-state index in [9.17, 15) is 9.59 Å². The quantitative estimate of drug-likeness (QED) is 0.678. The predicted octanol–water partition coefficient (Wildman–Crippen LogP) is 3.09. The lowest BCUT2D eigenvalue weighted by Crippen LogP contribution is -2.45. The number of thiophene rings is 1. The minimum Gasteiger partial charge on any atom is -0.374 e. The van der Waals surface area contributed by atoms with Crippen molar-refractivity contribution in [1.29, 1.82) is 0 Å². The molecule has 2 aliphatic heterocycles. The molecule has 0 radical (unpaired) electrons. The van der Waals surface area contributed by atoms with Crippen molar-refractivity contribution in [2.45, 2.75) is 44.7 Å². The van der Waals surface area contributed by atoms with Gasteiger partial charge in [-0.15, -0.1) is 11.3 Å². The van der Waals surface area contributed by atoms with Crippen molar-refractivity contribution in [2.75, 3.05) is 38.1 Å². The number of nitrogens with zero attached hydrogens (tertiary/aromatic N) is 2. The molecule has 3 heterocycles. The average Bonchev–Trinajstić information content (AvgIpc) is 3.32. The van der Waals surface area contributed by atoms with Crippen molar-refractivity contribution in [1.82, 2.24) is 15.5 Å². The van der Waals surface area contributed by atoms with Crippen molar-refractivity contribution in [3.63, 3.8) is 0 Å². The molecule has 1 aromatic heterocycles. The zero-order valence-electron chi connectivity index (χ0n) is 18.2. The van der Waals surface area contributed by atoms with Gasteiger partial charge in [0.15, 0.2) is 0 Å². The molecule has 1 aromatic carbocycles. The van der Waals surface area contributed by atoms with Crippen molar-refractivity contribution >= 4 is 28.8 Å². The van der Waals surface area contributed by atoms with E-state index in [1.807, 2.05) is 17.5 Å². The number of rotatable bonds is 6. The highest BCUT2D eigenvalue weighted by Crippen LogP contribution is 2.31. The first kappa shape index (κ1) is 21.8. The fourth-order valence-electron chi connectivity index (χ4n) is 4.63. The van der Waals surface area contributed by atoms with Gasteiger partial charge in [0.25, 0.3) is 0 Å². The Kier molecular flexibility index (Phi) is 7.25. The number of aryl methyl sites for hydroxylation is 1. The maximum atomic E-state index is 12.5. The molecule has 0 saturated carbocycles. The second-order valence-corrected chi connectivity index (χ2v) is 9.53. The summed E-state index contributed by atoms with van der Waals surface area (Å²) in [6.07, 6.45) is 5.88. The van der Waals surface area contributed by atoms with Gasteiger partial charge >= 0.3 is 11.8 Å². The van der Waals surface area contributed by atoms with Crippen LogP contribution in [0, 0.1) is 0 Å². The van der Waals surface area contributed by atoms with E-state index in [-0.39, 0.29) is 6.04 Å². The number of hydrogen-bond donors (Lipinski definition) is 2. The van der Waals surface area contributed by atoms with E-state index in [1.54, 1.807) is 11.3 Å². The van der Waals surface area contributed by atoms with Gasteiger partial charge < -0.3 is 15.5 Å². The van der Waals surface area contributed by atoms with E-state index in [0.717, 1.165) is 30.9 Å². The van der Waals surface area contributed by atoms with Gasteiger partial charge in [-0.3, -0.25) is 14.5 Å². The third-order valence-electron chi connectivity index (χ3n) is 6.34. The zero-order valence-corrected chi connectivity index (χ0v) is 19.0. The molecule has 1 fully saturated rings. The Hall–Kier alpha value is -2.38. The average molecular weight is 441 g/mol. The maximum absolute atomic E-state index is 12.5. The number of hydrogen-bond acceptors (Lipinski definition) is 5. The molecule has 0 bridgehead atoms. The SMILES string of the molecule is CN1CCCc2cc([C@@H](CNC(=O)C(=O)NCc3cccs3)N3CCCCC3)ccc21. The number of fused-ring (bicyclic) bond motifs is 1. The Bertz CT molecular complexity index is 893. The van der Waals surface area contributed by atoms with Crippen molar-refractivity contribution < 1.29 is 9.59 Å². The molecule has 6 nitrogen and oxygen atoms in total. The number of nitrogens with one attached hydrogen (secondary N) is 2. The van der Waals surface area contributed by atoms with Crippen LogP contribution < -0.4 is 15.5 Å². The van der Waals surface area contributed by atoms with Crippen LogP contribution in [0.4, 0.5) is 5.69 Å². The minimum atomic E-state index is -0.571.